The molecule has 20 heavy (non-hydrogen) atoms. The predicted molar refractivity (Wildman–Crippen MR) is 77.9 cm³/mol. The Hall–Kier alpha value is -1.86. The Labute approximate surface area is 124 Å². The topological polar surface area (TPSA) is 102 Å². The molecule has 1 unspecified atom stereocenters. The fourth-order valence-electron chi connectivity index (χ4n) is 1.36. The summed E-state index contributed by atoms with van der Waals surface area (Å²) >= 11 is 3.32. The van der Waals surface area contributed by atoms with Gasteiger partial charge in [0.2, 0.25) is 11.8 Å². The van der Waals surface area contributed by atoms with Crippen molar-refractivity contribution in [3.05, 3.63) is 34.3 Å². The summed E-state index contributed by atoms with van der Waals surface area (Å²) in [5, 5.41) is 11.5. The van der Waals surface area contributed by atoms with Crippen LogP contribution in [0.5, 0.6) is 5.75 Å². The lowest BCUT2D eigenvalue weighted by atomic mass is 10.2. The van der Waals surface area contributed by atoms with E-state index in [0.29, 0.717) is 11.3 Å². The number of nitrogens with one attached hydrogen (secondary N) is 1. The zero-order valence-electron chi connectivity index (χ0n) is 10.8. The van der Waals surface area contributed by atoms with Crippen molar-refractivity contribution in [3.63, 3.8) is 0 Å². The predicted octanol–water partition coefficient (Wildman–Crippen LogP) is 0.433. The first kappa shape index (κ1) is 16.2. The van der Waals surface area contributed by atoms with Crippen molar-refractivity contribution in [2.24, 2.45) is 5.73 Å². The summed E-state index contributed by atoms with van der Waals surface area (Å²) in [5.41, 5.74) is 5.58. The summed E-state index contributed by atoms with van der Waals surface area (Å²) < 4.78 is 6.01. The van der Waals surface area contributed by atoms with Gasteiger partial charge in [0.25, 0.3) is 0 Å². The number of aliphatic hydroxyl groups excluding tert-OH is 1. The number of benzene rings is 1. The number of carbonyl (C=O) groups excluding carboxylic acids is 2. The Morgan fingerprint density at radius 3 is 2.85 bits per heavy atom. The van der Waals surface area contributed by atoms with Gasteiger partial charge < -0.3 is 20.9 Å². The molecule has 0 bridgehead atoms. The maximum atomic E-state index is 11.5. The summed E-state index contributed by atoms with van der Waals surface area (Å²) in [6, 6.07) is 5.37. The zero-order valence-corrected chi connectivity index (χ0v) is 12.4. The van der Waals surface area contributed by atoms with Crippen molar-refractivity contribution in [2.45, 2.75) is 6.10 Å². The Bertz CT molecular complexity index is 531. The third kappa shape index (κ3) is 5.02. The van der Waals surface area contributed by atoms with Gasteiger partial charge in [0.05, 0.1) is 13.7 Å². The molecule has 0 saturated heterocycles. The molecule has 0 fully saturated rings. The lowest BCUT2D eigenvalue weighted by Crippen LogP contribution is -2.39. The molecule has 1 rings (SSSR count). The number of ether oxygens (including phenoxy) is 1. The van der Waals surface area contributed by atoms with Gasteiger partial charge in [-0.1, -0.05) is 15.9 Å². The Balaban J connectivity index is 2.65. The van der Waals surface area contributed by atoms with E-state index >= 15 is 0 Å². The number of hydrogen-bond donors (Lipinski definition) is 3. The normalized spacial score (nSPS) is 12.2. The monoisotopic (exact) mass is 342 g/mol. The molecule has 0 aliphatic carbocycles. The fraction of sp³-hybridized carbons (Fsp3) is 0.231. The largest absolute Gasteiger partial charge is 0.496 e. The van der Waals surface area contributed by atoms with Crippen LogP contribution in [-0.4, -0.2) is 36.7 Å². The van der Waals surface area contributed by atoms with Crippen molar-refractivity contribution in [3.8, 4) is 5.75 Å². The zero-order chi connectivity index (χ0) is 15.1. The molecule has 0 saturated carbocycles. The molecular formula is C13H15BrN2O4. The summed E-state index contributed by atoms with van der Waals surface area (Å²) in [6.07, 6.45) is 1.45. The lowest BCUT2D eigenvalue weighted by Gasteiger charge is -2.07. The summed E-state index contributed by atoms with van der Waals surface area (Å²) in [4.78, 5) is 22.1. The average Bonchev–Trinajstić information content (AvgIpc) is 2.42. The van der Waals surface area contributed by atoms with Crippen LogP contribution in [0.1, 0.15) is 5.56 Å². The molecule has 0 aliphatic rings. The Kier molecular flexibility index (Phi) is 6.20. The first-order valence-corrected chi connectivity index (χ1v) is 6.50. The molecule has 0 spiro atoms. The number of rotatable bonds is 6. The highest BCUT2D eigenvalue weighted by Crippen LogP contribution is 2.23. The maximum Gasteiger partial charge on any atom is 0.248 e. The molecule has 1 aromatic carbocycles. The van der Waals surface area contributed by atoms with E-state index in [0.717, 1.165) is 4.47 Å². The molecule has 1 atom stereocenters. The van der Waals surface area contributed by atoms with Crippen LogP contribution in [0.4, 0.5) is 0 Å². The summed E-state index contributed by atoms with van der Waals surface area (Å²) in [5.74, 6) is -0.718. The van der Waals surface area contributed by atoms with Crippen LogP contribution in [0.2, 0.25) is 0 Å². The van der Waals surface area contributed by atoms with Gasteiger partial charge in [-0.05, 0) is 24.3 Å². The van der Waals surface area contributed by atoms with Gasteiger partial charge in [-0.2, -0.15) is 0 Å². The maximum absolute atomic E-state index is 11.5. The van der Waals surface area contributed by atoms with Crippen molar-refractivity contribution < 1.29 is 19.4 Å². The quantitative estimate of drug-likeness (QED) is 0.652. The van der Waals surface area contributed by atoms with Crippen molar-refractivity contribution in [2.75, 3.05) is 13.7 Å². The molecule has 0 aliphatic heterocycles. The number of halogens is 1. The molecule has 0 heterocycles. The number of aliphatic hydroxyl groups is 1. The number of hydrogen-bond acceptors (Lipinski definition) is 4. The van der Waals surface area contributed by atoms with Crippen LogP contribution in [0, 0.1) is 0 Å². The van der Waals surface area contributed by atoms with Gasteiger partial charge in [-0.25, -0.2) is 0 Å². The van der Waals surface area contributed by atoms with E-state index in [-0.39, 0.29) is 6.54 Å². The number of nitrogens with two attached hydrogens (primary N) is 1. The van der Waals surface area contributed by atoms with Crippen LogP contribution in [0.3, 0.4) is 0 Å². The molecule has 2 amide bonds. The van der Waals surface area contributed by atoms with E-state index in [2.05, 4.69) is 21.2 Å². The standard InChI is InChI=1S/C13H15BrN2O4/c1-20-11-4-3-9(14)6-8(11)2-5-12(18)16-7-10(17)13(15)19/h2-6,10,17H,7H2,1H3,(H2,15,19)(H,16,18)/b5-2+. The third-order valence-electron chi connectivity index (χ3n) is 2.40. The minimum absolute atomic E-state index is 0.228. The van der Waals surface area contributed by atoms with Gasteiger partial charge in [0.15, 0.2) is 0 Å². The highest BCUT2D eigenvalue weighted by atomic mass is 79.9. The van der Waals surface area contributed by atoms with Crippen LogP contribution >= 0.6 is 15.9 Å². The lowest BCUT2D eigenvalue weighted by molar-refractivity contribution is -0.126. The van der Waals surface area contributed by atoms with E-state index in [1.165, 1.54) is 13.2 Å². The van der Waals surface area contributed by atoms with Crippen LogP contribution in [0.15, 0.2) is 28.7 Å². The number of carbonyl (C=O) groups is 2. The molecular weight excluding hydrogens is 328 g/mol. The van der Waals surface area contributed by atoms with Crippen LogP contribution in [-0.2, 0) is 9.59 Å². The van der Waals surface area contributed by atoms with Gasteiger partial charge in [-0.15, -0.1) is 0 Å². The summed E-state index contributed by atoms with van der Waals surface area (Å²) in [6.45, 7) is -0.228. The molecule has 0 aromatic heterocycles. The second kappa shape index (κ2) is 7.66. The van der Waals surface area contributed by atoms with E-state index < -0.39 is 17.9 Å². The fourth-order valence-corrected chi connectivity index (χ4v) is 1.74. The number of primary amides is 1. The number of amides is 2. The first-order chi connectivity index (χ1) is 9.43. The first-order valence-electron chi connectivity index (χ1n) is 5.71. The average molecular weight is 343 g/mol. The van der Waals surface area contributed by atoms with E-state index in [9.17, 15) is 9.59 Å². The van der Waals surface area contributed by atoms with E-state index in [4.69, 9.17) is 15.6 Å². The highest BCUT2D eigenvalue weighted by molar-refractivity contribution is 9.10. The van der Waals surface area contributed by atoms with Crippen molar-refractivity contribution >= 4 is 33.8 Å². The van der Waals surface area contributed by atoms with Crippen LogP contribution in [0.25, 0.3) is 6.08 Å². The molecule has 0 radical (unpaired) electrons. The SMILES string of the molecule is COc1ccc(Br)cc1/C=C/C(=O)NCC(O)C(N)=O. The van der Waals surface area contributed by atoms with Gasteiger partial charge in [0, 0.05) is 16.1 Å². The van der Waals surface area contributed by atoms with Gasteiger partial charge >= 0.3 is 0 Å². The van der Waals surface area contributed by atoms with Gasteiger partial charge in [0.1, 0.15) is 11.9 Å². The smallest absolute Gasteiger partial charge is 0.248 e. The molecule has 7 heteroatoms. The third-order valence-corrected chi connectivity index (χ3v) is 2.90. The minimum Gasteiger partial charge on any atom is -0.496 e. The second-order valence-corrected chi connectivity index (χ2v) is 4.80. The van der Waals surface area contributed by atoms with Gasteiger partial charge in [-0.3, -0.25) is 9.59 Å². The molecule has 6 nitrogen and oxygen atoms in total. The Morgan fingerprint density at radius 1 is 1.55 bits per heavy atom. The summed E-state index contributed by atoms with van der Waals surface area (Å²) in [7, 11) is 1.53. The molecule has 1 aromatic rings. The number of methoxy groups -OCH3 is 1. The van der Waals surface area contributed by atoms with E-state index in [1.54, 1.807) is 18.2 Å². The molecule has 108 valence electrons. The molecule has 4 N–H and O–H groups in total. The van der Waals surface area contributed by atoms with Crippen molar-refractivity contribution in [1.29, 1.82) is 0 Å². The Morgan fingerprint density at radius 2 is 2.25 bits per heavy atom. The highest BCUT2D eigenvalue weighted by Gasteiger charge is 2.10. The van der Waals surface area contributed by atoms with Crippen LogP contribution < -0.4 is 15.8 Å². The van der Waals surface area contributed by atoms with E-state index in [1.807, 2.05) is 6.07 Å². The second-order valence-electron chi connectivity index (χ2n) is 3.88. The van der Waals surface area contributed by atoms with Crippen molar-refractivity contribution in [1.82, 2.24) is 5.32 Å². The minimum atomic E-state index is -1.40.